The standard InChI is InChI=1S/C17H22N4OS/c1-10(2)21-8-6-11-13(9-21)23-17-14(11)16(22)18-15(19-17)12-5-4-7-20(12)3/h4-5,7,10,15,19H,6,8-9H2,1-3H3,(H,18,22)/p+1/t15-/m1/s1. The summed E-state index contributed by atoms with van der Waals surface area (Å²) >= 11 is 1.77. The predicted octanol–water partition coefficient (Wildman–Crippen LogP) is 1.29. The maximum absolute atomic E-state index is 12.7. The number of amides is 1. The highest BCUT2D eigenvalue weighted by Crippen LogP contribution is 2.38. The molecule has 5 nitrogen and oxygen atoms in total. The van der Waals surface area contributed by atoms with E-state index in [9.17, 15) is 4.79 Å². The van der Waals surface area contributed by atoms with Crippen molar-refractivity contribution in [1.82, 2.24) is 9.88 Å². The molecular formula is C17H23N4OS+. The first-order valence-electron chi connectivity index (χ1n) is 8.22. The fourth-order valence-corrected chi connectivity index (χ4v) is 4.95. The minimum absolute atomic E-state index is 0.0652. The number of quaternary nitrogens is 1. The van der Waals surface area contributed by atoms with Crippen LogP contribution in [0.15, 0.2) is 18.3 Å². The van der Waals surface area contributed by atoms with Gasteiger partial charge in [-0.25, -0.2) is 0 Å². The normalized spacial score (nSPS) is 23.2. The van der Waals surface area contributed by atoms with Gasteiger partial charge in [0.25, 0.3) is 5.91 Å². The Kier molecular flexibility index (Phi) is 3.46. The van der Waals surface area contributed by atoms with E-state index in [0.717, 1.165) is 35.8 Å². The Hall–Kier alpha value is -1.79. The first kappa shape index (κ1) is 14.8. The first-order chi connectivity index (χ1) is 11.0. The van der Waals surface area contributed by atoms with Gasteiger partial charge < -0.3 is 20.1 Å². The van der Waals surface area contributed by atoms with Crippen molar-refractivity contribution in [3.63, 3.8) is 0 Å². The smallest absolute Gasteiger partial charge is 0.256 e. The van der Waals surface area contributed by atoms with Crippen molar-refractivity contribution in [3.8, 4) is 0 Å². The molecule has 4 rings (SSSR count). The van der Waals surface area contributed by atoms with Crippen LogP contribution in [0.4, 0.5) is 5.00 Å². The van der Waals surface area contributed by atoms with Gasteiger partial charge in [-0.2, -0.15) is 0 Å². The molecule has 1 unspecified atom stereocenters. The van der Waals surface area contributed by atoms with Crippen LogP contribution in [0.25, 0.3) is 0 Å². The number of rotatable bonds is 2. The lowest BCUT2D eigenvalue weighted by Crippen LogP contribution is -3.14. The summed E-state index contributed by atoms with van der Waals surface area (Å²) in [5.74, 6) is 0.0652. The van der Waals surface area contributed by atoms with E-state index in [0.29, 0.717) is 6.04 Å². The zero-order chi connectivity index (χ0) is 16.1. The fraction of sp³-hybridized carbons (Fsp3) is 0.471. The van der Waals surface area contributed by atoms with Gasteiger partial charge >= 0.3 is 0 Å². The molecule has 0 saturated carbocycles. The van der Waals surface area contributed by atoms with Crippen molar-refractivity contribution in [2.24, 2.45) is 7.05 Å². The van der Waals surface area contributed by atoms with Gasteiger partial charge in [0.05, 0.1) is 28.7 Å². The summed E-state index contributed by atoms with van der Waals surface area (Å²) < 4.78 is 2.04. The molecule has 23 heavy (non-hydrogen) atoms. The third kappa shape index (κ3) is 2.37. The van der Waals surface area contributed by atoms with Crippen LogP contribution in [0.1, 0.15) is 46.5 Å². The summed E-state index contributed by atoms with van der Waals surface area (Å²) in [6, 6.07) is 4.67. The number of thiophene rings is 1. The van der Waals surface area contributed by atoms with Gasteiger partial charge in [0.15, 0.2) is 0 Å². The molecule has 0 aromatic carbocycles. The molecule has 2 aromatic rings. The summed E-state index contributed by atoms with van der Waals surface area (Å²) in [5.41, 5.74) is 3.23. The Morgan fingerprint density at radius 1 is 1.39 bits per heavy atom. The molecule has 2 aliphatic heterocycles. The molecule has 0 radical (unpaired) electrons. The zero-order valence-electron chi connectivity index (χ0n) is 13.8. The first-order valence-corrected chi connectivity index (χ1v) is 9.04. The molecule has 0 spiro atoms. The van der Waals surface area contributed by atoms with E-state index in [1.807, 2.05) is 29.9 Å². The zero-order valence-corrected chi connectivity index (χ0v) is 14.6. The number of aryl methyl sites for hydroxylation is 1. The highest BCUT2D eigenvalue weighted by molar-refractivity contribution is 7.16. The third-order valence-corrected chi connectivity index (χ3v) is 6.21. The van der Waals surface area contributed by atoms with E-state index in [1.165, 1.54) is 10.4 Å². The average molecular weight is 331 g/mol. The van der Waals surface area contributed by atoms with Gasteiger partial charge in [-0.05, 0) is 31.5 Å². The van der Waals surface area contributed by atoms with E-state index in [-0.39, 0.29) is 12.1 Å². The lowest BCUT2D eigenvalue weighted by Gasteiger charge is -2.28. The second kappa shape index (κ2) is 5.39. The van der Waals surface area contributed by atoms with E-state index in [1.54, 1.807) is 16.2 Å². The number of nitrogens with zero attached hydrogens (tertiary/aromatic N) is 1. The van der Waals surface area contributed by atoms with Gasteiger partial charge in [0.2, 0.25) is 0 Å². The van der Waals surface area contributed by atoms with Crippen LogP contribution >= 0.6 is 11.3 Å². The van der Waals surface area contributed by atoms with Gasteiger partial charge in [0.1, 0.15) is 17.7 Å². The van der Waals surface area contributed by atoms with Crippen molar-refractivity contribution in [3.05, 3.63) is 40.0 Å². The van der Waals surface area contributed by atoms with Gasteiger partial charge in [0, 0.05) is 19.7 Å². The number of nitrogens with one attached hydrogen (secondary N) is 3. The Balaban J connectivity index is 1.67. The molecule has 2 atom stereocenters. The number of anilines is 1. The Morgan fingerprint density at radius 3 is 2.91 bits per heavy atom. The minimum atomic E-state index is -0.149. The van der Waals surface area contributed by atoms with E-state index in [4.69, 9.17) is 0 Å². The summed E-state index contributed by atoms with van der Waals surface area (Å²) in [5, 5.41) is 7.68. The molecule has 0 fully saturated rings. The SMILES string of the molecule is CC(C)[NH+]1CCc2c(sc3c2C(=O)N[C@@H](c2cccn2C)N3)C1. The summed E-state index contributed by atoms with van der Waals surface area (Å²) in [6.45, 7) is 6.69. The number of aromatic nitrogens is 1. The monoisotopic (exact) mass is 331 g/mol. The van der Waals surface area contributed by atoms with Crippen molar-refractivity contribution in [1.29, 1.82) is 0 Å². The Morgan fingerprint density at radius 2 is 2.22 bits per heavy atom. The largest absolute Gasteiger partial charge is 0.351 e. The molecule has 6 heteroatoms. The molecule has 0 saturated heterocycles. The van der Waals surface area contributed by atoms with Crippen LogP contribution in [0.2, 0.25) is 0 Å². The molecular weight excluding hydrogens is 308 g/mol. The van der Waals surface area contributed by atoms with E-state index < -0.39 is 0 Å². The molecule has 3 N–H and O–H groups in total. The van der Waals surface area contributed by atoms with Crippen LogP contribution in [-0.2, 0) is 20.0 Å². The lowest BCUT2D eigenvalue weighted by atomic mass is 10.00. The van der Waals surface area contributed by atoms with Gasteiger partial charge in [-0.15, -0.1) is 11.3 Å². The van der Waals surface area contributed by atoms with Crippen LogP contribution in [-0.4, -0.2) is 23.1 Å². The molecule has 1 amide bonds. The number of carbonyl (C=O) groups excluding carboxylic acids is 1. The topological polar surface area (TPSA) is 50.5 Å². The van der Waals surface area contributed by atoms with Crippen molar-refractivity contribution in [2.75, 3.05) is 11.9 Å². The molecule has 2 aromatic heterocycles. The van der Waals surface area contributed by atoms with Crippen LogP contribution in [0.3, 0.4) is 0 Å². The molecule has 122 valence electrons. The summed E-state index contributed by atoms with van der Waals surface area (Å²) in [6.07, 6.45) is 2.85. The second-order valence-corrected chi connectivity index (χ2v) is 7.90. The molecule has 0 bridgehead atoms. The molecule has 0 aliphatic carbocycles. The van der Waals surface area contributed by atoms with Crippen molar-refractivity contribution < 1.29 is 9.69 Å². The van der Waals surface area contributed by atoms with Crippen LogP contribution in [0, 0.1) is 0 Å². The Labute approximate surface area is 140 Å². The number of hydrogen-bond donors (Lipinski definition) is 3. The van der Waals surface area contributed by atoms with Gasteiger partial charge in [-0.3, -0.25) is 4.79 Å². The number of hydrogen-bond acceptors (Lipinski definition) is 3. The number of carbonyl (C=O) groups is 1. The molecule has 2 aliphatic rings. The highest BCUT2D eigenvalue weighted by atomic mass is 32.1. The maximum Gasteiger partial charge on any atom is 0.256 e. The predicted molar refractivity (Wildman–Crippen MR) is 91.9 cm³/mol. The Bertz CT molecular complexity index is 761. The van der Waals surface area contributed by atoms with Gasteiger partial charge in [-0.1, -0.05) is 0 Å². The van der Waals surface area contributed by atoms with Crippen LogP contribution in [0.5, 0.6) is 0 Å². The summed E-state index contributed by atoms with van der Waals surface area (Å²) in [4.78, 5) is 15.7. The third-order valence-electron chi connectivity index (χ3n) is 5.05. The average Bonchev–Trinajstić information content (AvgIpc) is 3.09. The maximum atomic E-state index is 12.7. The van der Waals surface area contributed by atoms with Crippen molar-refractivity contribution in [2.45, 2.75) is 39.0 Å². The molecule has 4 heterocycles. The second-order valence-electron chi connectivity index (χ2n) is 6.79. The fourth-order valence-electron chi connectivity index (χ4n) is 3.63. The van der Waals surface area contributed by atoms with E-state index in [2.05, 4.69) is 24.5 Å². The highest BCUT2D eigenvalue weighted by Gasteiger charge is 2.35. The lowest BCUT2D eigenvalue weighted by molar-refractivity contribution is -0.936. The van der Waals surface area contributed by atoms with Crippen molar-refractivity contribution >= 4 is 22.2 Å². The van der Waals surface area contributed by atoms with Crippen LogP contribution < -0.4 is 15.5 Å². The van der Waals surface area contributed by atoms with E-state index >= 15 is 0 Å². The quantitative estimate of drug-likeness (QED) is 0.777. The minimum Gasteiger partial charge on any atom is -0.351 e. The number of fused-ring (bicyclic) bond motifs is 3. The summed E-state index contributed by atoms with van der Waals surface area (Å²) in [7, 11) is 2.00.